The van der Waals surface area contributed by atoms with Crippen LogP contribution in [0.3, 0.4) is 0 Å². The van der Waals surface area contributed by atoms with Crippen LogP contribution < -0.4 is 11.1 Å². The fourth-order valence-electron chi connectivity index (χ4n) is 1.62. The van der Waals surface area contributed by atoms with Gasteiger partial charge in [0.05, 0.1) is 11.0 Å². The minimum Gasteiger partial charge on any atom is -0.392 e. The van der Waals surface area contributed by atoms with Crippen molar-refractivity contribution in [1.29, 1.82) is 0 Å². The molecule has 86 valence electrons. The maximum atomic E-state index is 11.7. The van der Waals surface area contributed by atoms with Crippen LogP contribution >= 0.6 is 12.2 Å². The zero-order valence-corrected chi connectivity index (χ0v) is 9.81. The van der Waals surface area contributed by atoms with Gasteiger partial charge < -0.3 is 15.8 Å². The van der Waals surface area contributed by atoms with E-state index in [9.17, 15) is 4.79 Å². The molecule has 0 aromatic carbocycles. The molecule has 1 amide bonds. The summed E-state index contributed by atoms with van der Waals surface area (Å²) in [6.45, 7) is 2.70. The molecule has 0 aromatic rings. The Morgan fingerprint density at radius 1 is 1.73 bits per heavy atom. The van der Waals surface area contributed by atoms with E-state index in [0.717, 1.165) is 25.7 Å². The predicted molar refractivity (Wildman–Crippen MR) is 62.6 cm³/mol. The summed E-state index contributed by atoms with van der Waals surface area (Å²) < 4.78 is 5.28. The van der Waals surface area contributed by atoms with Crippen LogP contribution in [0, 0.1) is 0 Å². The van der Waals surface area contributed by atoms with Crippen molar-refractivity contribution in [3.8, 4) is 0 Å². The third-order valence-corrected chi connectivity index (χ3v) is 2.74. The number of hydrogen-bond donors (Lipinski definition) is 2. The lowest BCUT2D eigenvalue weighted by molar-refractivity contribution is -0.130. The highest BCUT2D eigenvalue weighted by molar-refractivity contribution is 7.80. The van der Waals surface area contributed by atoms with Crippen molar-refractivity contribution in [3.63, 3.8) is 0 Å². The third kappa shape index (κ3) is 3.76. The highest BCUT2D eigenvalue weighted by Crippen LogP contribution is 2.12. The maximum absolute atomic E-state index is 11.7. The molecule has 1 aliphatic rings. The summed E-state index contributed by atoms with van der Waals surface area (Å²) in [6.07, 6.45) is 3.16. The molecule has 0 aliphatic carbocycles. The molecule has 0 bridgehead atoms. The number of carbonyl (C=O) groups is 1. The zero-order chi connectivity index (χ0) is 11.3. The first-order valence-electron chi connectivity index (χ1n) is 5.36. The Labute approximate surface area is 95.5 Å². The van der Waals surface area contributed by atoms with Crippen LogP contribution in [0.4, 0.5) is 0 Å². The highest BCUT2D eigenvalue weighted by Gasteiger charge is 2.25. The van der Waals surface area contributed by atoms with Gasteiger partial charge in [0.2, 0.25) is 5.91 Å². The van der Waals surface area contributed by atoms with Crippen molar-refractivity contribution in [3.05, 3.63) is 0 Å². The fourth-order valence-corrected chi connectivity index (χ4v) is 1.80. The molecule has 15 heavy (non-hydrogen) atoms. The summed E-state index contributed by atoms with van der Waals surface area (Å²) >= 11 is 4.90. The molecule has 2 atom stereocenters. The van der Waals surface area contributed by atoms with Crippen LogP contribution in [0.2, 0.25) is 0 Å². The topological polar surface area (TPSA) is 64.3 Å². The van der Waals surface area contributed by atoms with Gasteiger partial charge in [0.25, 0.3) is 0 Å². The van der Waals surface area contributed by atoms with Crippen molar-refractivity contribution >= 4 is 23.1 Å². The monoisotopic (exact) mass is 230 g/mol. The summed E-state index contributed by atoms with van der Waals surface area (Å²) in [5, 5.41) is 2.83. The lowest BCUT2D eigenvalue weighted by Gasteiger charge is -2.18. The van der Waals surface area contributed by atoms with E-state index >= 15 is 0 Å². The Morgan fingerprint density at radius 2 is 2.47 bits per heavy atom. The first kappa shape index (κ1) is 12.4. The van der Waals surface area contributed by atoms with E-state index in [1.165, 1.54) is 0 Å². The summed E-state index contributed by atoms with van der Waals surface area (Å²) in [6, 6.07) is -0.193. The van der Waals surface area contributed by atoms with Crippen molar-refractivity contribution in [1.82, 2.24) is 5.32 Å². The van der Waals surface area contributed by atoms with Gasteiger partial charge in [-0.1, -0.05) is 25.6 Å². The minimum absolute atomic E-state index is 0.0845. The number of carbonyl (C=O) groups excluding carboxylic acids is 1. The minimum atomic E-state index is -0.307. The summed E-state index contributed by atoms with van der Waals surface area (Å²) in [5.74, 6) is -0.0845. The first-order valence-corrected chi connectivity index (χ1v) is 5.77. The van der Waals surface area contributed by atoms with Crippen LogP contribution in [0.1, 0.15) is 32.6 Å². The van der Waals surface area contributed by atoms with Gasteiger partial charge in [-0.15, -0.1) is 0 Å². The molecular formula is C10H18N2O2S. The van der Waals surface area contributed by atoms with E-state index in [-0.39, 0.29) is 18.1 Å². The van der Waals surface area contributed by atoms with Crippen molar-refractivity contribution < 1.29 is 9.53 Å². The highest BCUT2D eigenvalue weighted by atomic mass is 32.1. The van der Waals surface area contributed by atoms with Gasteiger partial charge in [0.15, 0.2) is 0 Å². The van der Waals surface area contributed by atoms with E-state index in [0.29, 0.717) is 11.6 Å². The molecule has 0 saturated carbocycles. The number of thiocarbonyl (C=S) groups is 1. The van der Waals surface area contributed by atoms with Gasteiger partial charge in [-0.05, 0) is 19.3 Å². The number of ether oxygens (including phenoxy) is 1. The molecule has 5 heteroatoms. The fraction of sp³-hybridized carbons (Fsp3) is 0.800. The SMILES string of the molecule is CCCC(NC(=O)C1CCCO1)C(N)=S. The maximum Gasteiger partial charge on any atom is 0.249 e. The molecule has 0 spiro atoms. The van der Waals surface area contributed by atoms with Crippen LogP contribution in [0.15, 0.2) is 0 Å². The lowest BCUT2D eigenvalue weighted by atomic mass is 10.1. The summed E-state index contributed by atoms with van der Waals surface area (Å²) in [7, 11) is 0. The second-order valence-corrected chi connectivity index (χ2v) is 4.23. The van der Waals surface area contributed by atoms with E-state index in [2.05, 4.69) is 5.32 Å². The molecule has 1 rings (SSSR count). The van der Waals surface area contributed by atoms with Crippen LogP contribution in [-0.4, -0.2) is 29.6 Å². The molecule has 1 saturated heterocycles. The Bertz CT molecular complexity index is 240. The van der Waals surface area contributed by atoms with Gasteiger partial charge >= 0.3 is 0 Å². The van der Waals surface area contributed by atoms with Crippen LogP contribution in [0.5, 0.6) is 0 Å². The van der Waals surface area contributed by atoms with E-state index in [4.69, 9.17) is 22.7 Å². The molecule has 1 fully saturated rings. The first-order chi connectivity index (χ1) is 7.15. The molecule has 4 nitrogen and oxygen atoms in total. The normalized spacial score (nSPS) is 22.3. The molecule has 0 aromatic heterocycles. The quantitative estimate of drug-likeness (QED) is 0.684. The number of nitrogens with two attached hydrogens (primary N) is 1. The predicted octanol–water partition coefficient (Wildman–Crippen LogP) is 0.736. The Kier molecular flexibility index (Phi) is 4.98. The smallest absolute Gasteiger partial charge is 0.249 e. The Morgan fingerprint density at radius 3 is 2.93 bits per heavy atom. The van der Waals surface area contributed by atoms with Crippen molar-refractivity contribution in [2.24, 2.45) is 5.73 Å². The van der Waals surface area contributed by atoms with E-state index in [1.54, 1.807) is 0 Å². The Balaban J connectivity index is 2.42. The van der Waals surface area contributed by atoms with Crippen LogP contribution in [-0.2, 0) is 9.53 Å². The average molecular weight is 230 g/mol. The molecule has 3 N–H and O–H groups in total. The van der Waals surface area contributed by atoms with Crippen molar-refractivity contribution in [2.75, 3.05) is 6.61 Å². The second-order valence-electron chi connectivity index (χ2n) is 3.75. The lowest BCUT2D eigenvalue weighted by Crippen LogP contribution is -2.47. The Hall–Kier alpha value is -0.680. The molecule has 1 aliphatic heterocycles. The number of nitrogens with one attached hydrogen (secondary N) is 1. The molecule has 0 radical (unpaired) electrons. The summed E-state index contributed by atoms with van der Waals surface area (Å²) in [4.78, 5) is 12.0. The van der Waals surface area contributed by atoms with E-state index in [1.807, 2.05) is 6.92 Å². The van der Waals surface area contributed by atoms with Gasteiger partial charge in [-0.2, -0.15) is 0 Å². The number of amides is 1. The largest absolute Gasteiger partial charge is 0.392 e. The average Bonchev–Trinajstić information content (AvgIpc) is 2.69. The molecular weight excluding hydrogens is 212 g/mol. The van der Waals surface area contributed by atoms with Gasteiger partial charge in [-0.25, -0.2) is 0 Å². The second kappa shape index (κ2) is 6.02. The van der Waals surface area contributed by atoms with Gasteiger partial charge in [0, 0.05) is 6.61 Å². The zero-order valence-electron chi connectivity index (χ0n) is 8.99. The van der Waals surface area contributed by atoms with Crippen molar-refractivity contribution in [2.45, 2.75) is 44.8 Å². The number of rotatable bonds is 5. The molecule has 2 unspecified atom stereocenters. The van der Waals surface area contributed by atoms with Crippen LogP contribution in [0.25, 0.3) is 0 Å². The molecule has 1 heterocycles. The van der Waals surface area contributed by atoms with E-state index < -0.39 is 0 Å². The standard InChI is InChI=1S/C10H18N2O2S/c1-2-4-7(9(11)15)12-10(13)8-5-3-6-14-8/h7-8H,2-6H2,1H3,(H2,11,15)(H,12,13). The third-order valence-electron chi connectivity index (χ3n) is 2.46. The summed E-state index contributed by atoms with van der Waals surface area (Å²) in [5.41, 5.74) is 5.55. The van der Waals surface area contributed by atoms with Gasteiger partial charge in [0.1, 0.15) is 6.10 Å². The number of hydrogen-bond acceptors (Lipinski definition) is 3. The van der Waals surface area contributed by atoms with Gasteiger partial charge in [-0.3, -0.25) is 4.79 Å².